The normalized spacial score (nSPS) is 25.7. The molecule has 2 rings (SSSR count). The molecule has 1 aliphatic rings. The van der Waals surface area contributed by atoms with Gasteiger partial charge in [-0.25, -0.2) is 0 Å². The summed E-state index contributed by atoms with van der Waals surface area (Å²) in [6.07, 6.45) is 1.73. The first kappa shape index (κ1) is 12.3. The van der Waals surface area contributed by atoms with Gasteiger partial charge in [0, 0.05) is 26.7 Å². The van der Waals surface area contributed by atoms with Crippen molar-refractivity contribution in [3.05, 3.63) is 48.6 Å². The highest BCUT2D eigenvalue weighted by molar-refractivity contribution is 5.14. The molecule has 3 heteroatoms. The summed E-state index contributed by atoms with van der Waals surface area (Å²) in [4.78, 5) is 2.33. The Morgan fingerprint density at radius 2 is 2.18 bits per heavy atom. The van der Waals surface area contributed by atoms with Crippen LogP contribution in [-0.4, -0.2) is 37.5 Å². The van der Waals surface area contributed by atoms with E-state index in [4.69, 9.17) is 9.47 Å². The van der Waals surface area contributed by atoms with Crippen LogP contribution in [0.5, 0.6) is 0 Å². The first-order chi connectivity index (χ1) is 8.31. The topological polar surface area (TPSA) is 21.7 Å². The van der Waals surface area contributed by atoms with E-state index in [0.29, 0.717) is 0 Å². The number of rotatable bonds is 4. The third-order valence-corrected chi connectivity index (χ3v) is 2.95. The molecule has 1 saturated heterocycles. The number of morpholine rings is 1. The number of nitrogens with zero attached hydrogens (tertiary/aromatic N) is 1. The van der Waals surface area contributed by atoms with Crippen LogP contribution in [0.2, 0.25) is 0 Å². The van der Waals surface area contributed by atoms with E-state index in [-0.39, 0.29) is 12.4 Å². The number of methoxy groups -OCH3 is 1. The fraction of sp³-hybridized carbons (Fsp3) is 0.429. The van der Waals surface area contributed by atoms with E-state index < -0.39 is 0 Å². The molecule has 0 N–H and O–H groups in total. The molecule has 0 spiro atoms. The van der Waals surface area contributed by atoms with Crippen molar-refractivity contribution in [3.8, 4) is 0 Å². The van der Waals surface area contributed by atoms with E-state index in [1.54, 1.807) is 7.11 Å². The minimum Gasteiger partial charge on any atom is -0.354 e. The lowest BCUT2D eigenvalue weighted by molar-refractivity contribution is -0.187. The molecule has 2 atom stereocenters. The van der Waals surface area contributed by atoms with E-state index in [1.807, 2.05) is 12.1 Å². The Hall–Kier alpha value is -1.16. The number of benzene rings is 1. The molecule has 3 nitrogen and oxygen atoms in total. The maximum atomic E-state index is 5.67. The van der Waals surface area contributed by atoms with Gasteiger partial charge in [-0.1, -0.05) is 36.4 Å². The second-order valence-electron chi connectivity index (χ2n) is 4.26. The summed E-state index contributed by atoms with van der Waals surface area (Å²) in [5.74, 6) is 0. The highest BCUT2D eigenvalue weighted by atomic mass is 16.7. The van der Waals surface area contributed by atoms with Gasteiger partial charge in [0.1, 0.15) is 0 Å². The van der Waals surface area contributed by atoms with Crippen LogP contribution in [0.1, 0.15) is 5.56 Å². The van der Waals surface area contributed by atoms with Crippen LogP contribution in [0.3, 0.4) is 0 Å². The Morgan fingerprint density at radius 1 is 1.41 bits per heavy atom. The monoisotopic (exact) mass is 233 g/mol. The molecule has 0 radical (unpaired) electrons. The number of hydrogen-bond donors (Lipinski definition) is 0. The Labute approximate surface area is 103 Å². The van der Waals surface area contributed by atoms with E-state index in [9.17, 15) is 0 Å². The zero-order valence-electron chi connectivity index (χ0n) is 10.2. The van der Waals surface area contributed by atoms with Crippen molar-refractivity contribution in [2.75, 3.05) is 20.2 Å². The van der Waals surface area contributed by atoms with Crippen LogP contribution in [0, 0.1) is 0 Å². The van der Waals surface area contributed by atoms with Crippen LogP contribution in [0.25, 0.3) is 0 Å². The van der Waals surface area contributed by atoms with E-state index in [1.165, 1.54) is 5.56 Å². The molecule has 1 aliphatic heterocycles. The van der Waals surface area contributed by atoms with Crippen molar-refractivity contribution >= 4 is 0 Å². The standard InChI is InChI=1S/C14H19NO2/c1-3-13-10-15(11-14(16-2)17-13)9-12-7-5-4-6-8-12/h3-8,13-14H,1,9-11H2,2H3. The number of hydrogen-bond acceptors (Lipinski definition) is 3. The highest BCUT2D eigenvalue weighted by Crippen LogP contribution is 2.15. The molecule has 92 valence electrons. The molecule has 17 heavy (non-hydrogen) atoms. The van der Waals surface area contributed by atoms with Crippen molar-refractivity contribution in [3.63, 3.8) is 0 Å². The molecule has 1 aromatic rings. The maximum absolute atomic E-state index is 5.67. The van der Waals surface area contributed by atoms with Gasteiger partial charge in [0.2, 0.25) is 0 Å². The minimum absolute atomic E-state index is 0.0532. The van der Waals surface area contributed by atoms with Gasteiger partial charge in [0.25, 0.3) is 0 Å². The lowest BCUT2D eigenvalue weighted by Gasteiger charge is -2.36. The van der Waals surface area contributed by atoms with Gasteiger partial charge in [0.15, 0.2) is 6.29 Å². The van der Waals surface area contributed by atoms with E-state index >= 15 is 0 Å². The predicted molar refractivity (Wildman–Crippen MR) is 67.6 cm³/mol. The molecule has 0 saturated carbocycles. The van der Waals surface area contributed by atoms with Crippen molar-refractivity contribution in [1.82, 2.24) is 4.90 Å². The van der Waals surface area contributed by atoms with Gasteiger partial charge in [-0.3, -0.25) is 4.90 Å². The molecule has 1 heterocycles. The average molecular weight is 233 g/mol. The summed E-state index contributed by atoms with van der Waals surface area (Å²) in [5, 5.41) is 0. The van der Waals surface area contributed by atoms with Gasteiger partial charge in [-0.05, 0) is 5.56 Å². The van der Waals surface area contributed by atoms with Gasteiger partial charge < -0.3 is 9.47 Å². The Kier molecular flexibility index (Phi) is 4.31. The minimum atomic E-state index is -0.157. The van der Waals surface area contributed by atoms with Crippen LogP contribution < -0.4 is 0 Å². The summed E-state index contributed by atoms with van der Waals surface area (Å²) in [5.41, 5.74) is 1.31. The molecule has 0 aromatic heterocycles. The van der Waals surface area contributed by atoms with Crippen molar-refractivity contribution < 1.29 is 9.47 Å². The average Bonchev–Trinajstić information content (AvgIpc) is 2.39. The van der Waals surface area contributed by atoms with Gasteiger partial charge in [-0.15, -0.1) is 6.58 Å². The van der Waals surface area contributed by atoms with Crippen molar-refractivity contribution in [2.45, 2.75) is 18.9 Å². The van der Waals surface area contributed by atoms with E-state index in [2.05, 4.69) is 35.7 Å². The zero-order valence-corrected chi connectivity index (χ0v) is 10.2. The van der Waals surface area contributed by atoms with Gasteiger partial charge in [-0.2, -0.15) is 0 Å². The Balaban J connectivity index is 1.98. The highest BCUT2D eigenvalue weighted by Gasteiger charge is 2.25. The van der Waals surface area contributed by atoms with Crippen LogP contribution >= 0.6 is 0 Å². The molecular formula is C14H19NO2. The molecule has 1 fully saturated rings. The van der Waals surface area contributed by atoms with E-state index in [0.717, 1.165) is 19.6 Å². The SMILES string of the molecule is C=CC1CN(Cc2ccccc2)CC(OC)O1. The molecule has 2 unspecified atom stereocenters. The summed E-state index contributed by atoms with van der Waals surface area (Å²) >= 11 is 0. The van der Waals surface area contributed by atoms with Crippen molar-refractivity contribution in [2.24, 2.45) is 0 Å². The first-order valence-electron chi connectivity index (χ1n) is 5.89. The predicted octanol–water partition coefficient (Wildman–Crippen LogP) is 2.05. The third kappa shape index (κ3) is 3.40. The third-order valence-electron chi connectivity index (χ3n) is 2.95. The Morgan fingerprint density at radius 3 is 2.82 bits per heavy atom. The Bertz CT molecular complexity index is 352. The van der Waals surface area contributed by atoms with Gasteiger partial charge >= 0.3 is 0 Å². The van der Waals surface area contributed by atoms with Crippen LogP contribution in [0.4, 0.5) is 0 Å². The largest absolute Gasteiger partial charge is 0.354 e. The van der Waals surface area contributed by atoms with Gasteiger partial charge in [0.05, 0.1) is 6.10 Å². The fourth-order valence-corrected chi connectivity index (χ4v) is 2.05. The smallest absolute Gasteiger partial charge is 0.170 e. The summed E-state index contributed by atoms with van der Waals surface area (Å²) in [7, 11) is 1.68. The second kappa shape index (κ2) is 5.96. The van der Waals surface area contributed by atoms with Crippen LogP contribution in [0.15, 0.2) is 43.0 Å². The fourth-order valence-electron chi connectivity index (χ4n) is 2.05. The summed E-state index contributed by atoms with van der Waals surface area (Å²) in [6.45, 7) is 6.39. The quantitative estimate of drug-likeness (QED) is 0.743. The molecule has 0 aliphatic carbocycles. The second-order valence-corrected chi connectivity index (χ2v) is 4.26. The first-order valence-corrected chi connectivity index (χ1v) is 5.89. The maximum Gasteiger partial charge on any atom is 0.170 e. The lowest BCUT2D eigenvalue weighted by atomic mass is 10.2. The molecule has 1 aromatic carbocycles. The summed E-state index contributed by atoms with van der Waals surface area (Å²) < 4.78 is 11.0. The molecular weight excluding hydrogens is 214 g/mol. The lowest BCUT2D eigenvalue weighted by Crippen LogP contribution is -2.47. The van der Waals surface area contributed by atoms with Crippen molar-refractivity contribution in [1.29, 1.82) is 0 Å². The van der Waals surface area contributed by atoms with Crippen LogP contribution in [-0.2, 0) is 16.0 Å². The zero-order chi connectivity index (χ0) is 12.1. The number of ether oxygens (including phenoxy) is 2. The summed E-state index contributed by atoms with van der Waals surface area (Å²) in [6, 6.07) is 10.4. The molecule has 0 bridgehead atoms. The molecule has 0 amide bonds.